The van der Waals surface area contributed by atoms with Crippen molar-refractivity contribution in [1.82, 2.24) is 14.7 Å². The van der Waals surface area contributed by atoms with Crippen LogP contribution >= 0.6 is 11.6 Å². The van der Waals surface area contributed by atoms with Crippen LogP contribution in [0.4, 0.5) is 0 Å². The fourth-order valence-electron chi connectivity index (χ4n) is 3.25. The Kier molecular flexibility index (Phi) is 4.80. The fraction of sp³-hybridized carbons (Fsp3) is 0.421. The number of nitrogens with zero attached hydrogens (tertiary/aromatic N) is 4. The summed E-state index contributed by atoms with van der Waals surface area (Å²) in [7, 11) is 3.68. The number of aryl methyl sites for hydroxylation is 2. The number of rotatable bonds is 4. The van der Waals surface area contributed by atoms with E-state index >= 15 is 0 Å². The molecule has 0 fully saturated rings. The zero-order valence-electron chi connectivity index (χ0n) is 15.7. The maximum atomic E-state index is 13.0. The van der Waals surface area contributed by atoms with Gasteiger partial charge in [-0.05, 0) is 26.8 Å². The van der Waals surface area contributed by atoms with Crippen LogP contribution in [0, 0.1) is 13.8 Å². The summed E-state index contributed by atoms with van der Waals surface area (Å²) >= 11 is 6.24. The smallest absolute Gasteiger partial charge is 0.269 e. The van der Waals surface area contributed by atoms with Gasteiger partial charge >= 0.3 is 0 Å². The van der Waals surface area contributed by atoms with Gasteiger partial charge in [0.05, 0.1) is 11.4 Å². The first kappa shape index (κ1) is 18.5. The lowest BCUT2D eigenvalue weighted by molar-refractivity contribution is -0.152. The molecule has 1 amide bonds. The largest absolute Gasteiger partial charge is 0.379 e. The molecule has 138 valence electrons. The van der Waals surface area contributed by atoms with Crippen LogP contribution in [-0.4, -0.2) is 38.9 Å². The summed E-state index contributed by atoms with van der Waals surface area (Å²) in [4.78, 5) is 20.3. The molecule has 0 saturated heterocycles. The predicted molar refractivity (Wildman–Crippen MR) is 101 cm³/mol. The van der Waals surface area contributed by atoms with Crippen LogP contribution in [0.1, 0.15) is 35.9 Å². The maximum absolute atomic E-state index is 13.0. The second-order valence-electron chi connectivity index (χ2n) is 6.95. The molecule has 1 aliphatic heterocycles. The number of aromatic nitrogens is 2. The molecule has 0 radical (unpaired) electrons. The third-order valence-electron chi connectivity index (χ3n) is 4.90. The standard InChI is InChI=1S/C19H23ClN4O2/c1-12-15(13(2)24(5)21-12)11-23(4)18(25)19(3)10-17(22-26-19)14-8-6-7-9-16(14)20/h6-9H,10-11H2,1-5H3. The van der Waals surface area contributed by atoms with Gasteiger partial charge in [0, 0.05) is 48.9 Å². The SMILES string of the molecule is Cc1nn(C)c(C)c1CN(C)C(=O)C1(C)CC(c2ccccc2Cl)=NO1. The first-order valence-electron chi connectivity index (χ1n) is 8.47. The zero-order valence-corrected chi connectivity index (χ0v) is 16.5. The van der Waals surface area contributed by atoms with E-state index in [9.17, 15) is 4.79 Å². The van der Waals surface area contributed by atoms with Gasteiger partial charge in [0.15, 0.2) is 0 Å². The molecule has 6 nitrogen and oxygen atoms in total. The number of benzene rings is 1. The number of oxime groups is 1. The van der Waals surface area contributed by atoms with Gasteiger partial charge in [-0.2, -0.15) is 5.10 Å². The number of carbonyl (C=O) groups is 1. The third kappa shape index (κ3) is 3.21. The lowest BCUT2D eigenvalue weighted by Crippen LogP contribution is -2.45. The number of carbonyl (C=O) groups excluding carboxylic acids is 1. The summed E-state index contributed by atoms with van der Waals surface area (Å²) in [6, 6.07) is 7.43. The van der Waals surface area contributed by atoms with Gasteiger partial charge in [0.2, 0.25) is 5.60 Å². The topological polar surface area (TPSA) is 59.7 Å². The van der Waals surface area contributed by atoms with Crippen molar-refractivity contribution in [1.29, 1.82) is 0 Å². The average molecular weight is 375 g/mol. The van der Waals surface area contributed by atoms with E-state index in [1.54, 1.807) is 24.9 Å². The quantitative estimate of drug-likeness (QED) is 0.825. The highest BCUT2D eigenvalue weighted by molar-refractivity contribution is 6.34. The van der Waals surface area contributed by atoms with Gasteiger partial charge in [-0.1, -0.05) is 35.0 Å². The minimum absolute atomic E-state index is 0.119. The number of likely N-dealkylation sites (N-methyl/N-ethyl adjacent to an activating group) is 1. The maximum Gasteiger partial charge on any atom is 0.269 e. The monoisotopic (exact) mass is 374 g/mol. The summed E-state index contributed by atoms with van der Waals surface area (Å²) in [5, 5.41) is 9.15. The van der Waals surface area contributed by atoms with Crippen molar-refractivity contribution in [3.05, 3.63) is 51.8 Å². The van der Waals surface area contributed by atoms with Gasteiger partial charge in [-0.25, -0.2) is 0 Å². The van der Waals surface area contributed by atoms with Gasteiger partial charge in [-0.15, -0.1) is 0 Å². The van der Waals surface area contributed by atoms with Crippen molar-refractivity contribution in [2.45, 2.75) is 39.3 Å². The number of amides is 1. The van der Waals surface area contributed by atoms with Crippen LogP contribution < -0.4 is 0 Å². The van der Waals surface area contributed by atoms with Crippen molar-refractivity contribution in [3.8, 4) is 0 Å². The molecule has 2 aromatic rings. The van der Waals surface area contributed by atoms with Crippen molar-refractivity contribution in [2.75, 3.05) is 7.05 Å². The number of hydrogen-bond acceptors (Lipinski definition) is 4. The van der Waals surface area contributed by atoms with Crippen molar-refractivity contribution in [3.63, 3.8) is 0 Å². The molecule has 1 atom stereocenters. The molecule has 1 aromatic heterocycles. The lowest BCUT2D eigenvalue weighted by atomic mass is 9.94. The van der Waals surface area contributed by atoms with Crippen LogP contribution in [0.2, 0.25) is 5.02 Å². The van der Waals surface area contributed by atoms with E-state index in [2.05, 4.69) is 10.3 Å². The number of hydrogen-bond donors (Lipinski definition) is 0. The Morgan fingerprint density at radius 2 is 2.08 bits per heavy atom. The van der Waals surface area contributed by atoms with E-state index < -0.39 is 5.60 Å². The van der Waals surface area contributed by atoms with Gasteiger partial charge in [0.25, 0.3) is 5.91 Å². The van der Waals surface area contributed by atoms with E-state index in [1.807, 2.05) is 43.8 Å². The van der Waals surface area contributed by atoms with Crippen LogP contribution in [0.25, 0.3) is 0 Å². The zero-order chi connectivity index (χ0) is 19.1. The summed E-state index contributed by atoms with van der Waals surface area (Å²) in [5.74, 6) is -0.119. The highest BCUT2D eigenvalue weighted by Gasteiger charge is 2.44. The van der Waals surface area contributed by atoms with E-state index in [-0.39, 0.29) is 5.91 Å². The molecule has 1 aliphatic rings. The predicted octanol–water partition coefficient (Wildman–Crippen LogP) is 3.23. The summed E-state index contributed by atoms with van der Waals surface area (Å²) in [5.41, 5.74) is 3.48. The highest BCUT2D eigenvalue weighted by atomic mass is 35.5. The molecule has 0 spiro atoms. The molecule has 26 heavy (non-hydrogen) atoms. The Labute approximate surface area is 158 Å². The van der Waals surface area contributed by atoms with Crippen LogP contribution in [0.5, 0.6) is 0 Å². The van der Waals surface area contributed by atoms with E-state index in [0.717, 1.165) is 22.5 Å². The molecule has 3 rings (SSSR count). The average Bonchev–Trinajstić information content (AvgIpc) is 3.11. The first-order valence-corrected chi connectivity index (χ1v) is 8.85. The highest BCUT2D eigenvalue weighted by Crippen LogP contribution is 2.31. The van der Waals surface area contributed by atoms with Crippen molar-refractivity contribution in [2.24, 2.45) is 12.2 Å². The van der Waals surface area contributed by atoms with Crippen LogP contribution in [0.15, 0.2) is 29.4 Å². The molecular formula is C19H23ClN4O2. The minimum atomic E-state index is -1.03. The van der Waals surface area contributed by atoms with Crippen LogP contribution in [0.3, 0.4) is 0 Å². The molecule has 1 aromatic carbocycles. The number of halogens is 1. The second kappa shape index (κ2) is 6.76. The fourth-order valence-corrected chi connectivity index (χ4v) is 3.50. The molecule has 2 heterocycles. The summed E-state index contributed by atoms with van der Waals surface area (Å²) < 4.78 is 1.83. The van der Waals surface area contributed by atoms with Gasteiger partial charge < -0.3 is 9.74 Å². The van der Waals surface area contributed by atoms with E-state index in [0.29, 0.717) is 23.7 Å². The van der Waals surface area contributed by atoms with Gasteiger partial charge in [0.1, 0.15) is 0 Å². The molecule has 0 bridgehead atoms. The Bertz CT molecular complexity index is 890. The molecule has 1 unspecified atom stereocenters. The van der Waals surface area contributed by atoms with Crippen LogP contribution in [-0.2, 0) is 23.2 Å². The Morgan fingerprint density at radius 3 is 2.69 bits per heavy atom. The summed E-state index contributed by atoms with van der Waals surface area (Å²) in [6.45, 7) is 6.19. The lowest BCUT2D eigenvalue weighted by Gasteiger charge is -2.27. The molecule has 0 saturated carbocycles. The molecule has 0 N–H and O–H groups in total. The van der Waals surface area contributed by atoms with Crippen molar-refractivity contribution >= 4 is 23.2 Å². The second-order valence-corrected chi connectivity index (χ2v) is 7.36. The minimum Gasteiger partial charge on any atom is -0.379 e. The Hall–Kier alpha value is -2.34. The molecular weight excluding hydrogens is 352 g/mol. The normalized spacial score (nSPS) is 19.2. The van der Waals surface area contributed by atoms with E-state index in [4.69, 9.17) is 16.4 Å². The Morgan fingerprint density at radius 1 is 1.38 bits per heavy atom. The van der Waals surface area contributed by atoms with E-state index in [1.165, 1.54) is 0 Å². The van der Waals surface area contributed by atoms with Crippen molar-refractivity contribution < 1.29 is 9.63 Å². The molecule has 0 aliphatic carbocycles. The third-order valence-corrected chi connectivity index (χ3v) is 5.23. The Balaban J connectivity index is 1.75. The first-order chi connectivity index (χ1) is 12.2. The van der Waals surface area contributed by atoms with Gasteiger partial charge in [-0.3, -0.25) is 9.48 Å². The summed E-state index contributed by atoms with van der Waals surface area (Å²) in [6.07, 6.45) is 0.380. The molecule has 7 heteroatoms.